The molecule has 0 unspecified atom stereocenters. The molecule has 2 aromatic carbocycles. The third-order valence-electron chi connectivity index (χ3n) is 2.91. The number of carbonyl (C=O) groups excluding carboxylic acids is 1. The lowest BCUT2D eigenvalue weighted by molar-refractivity contribution is 0.105. The Morgan fingerprint density at radius 2 is 1.70 bits per heavy atom. The molecule has 0 aliphatic heterocycles. The molecule has 0 fully saturated rings. The molecule has 0 aliphatic rings. The summed E-state index contributed by atoms with van der Waals surface area (Å²) in [5.74, 6) is 0.171. The van der Waals surface area contributed by atoms with E-state index in [-0.39, 0.29) is 15.8 Å². The molecule has 2 nitrogen and oxygen atoms in total. The van der Waals surface area contributed by atoms with E-state index in [9.17, 15) is 4.79 Å². The Hall–Kier alpha value is -1.77. The number of Topliss-reactive ketones (excluding diaryl/α,β-unsaturated/α-hetero) is 1. The first-order valence-electron chi connectivity index (χ1n) is 5.87. The van der Waals surface area contributed by atoms with Crippen molar-refractivity contribution in [3.63, 3.8) is 0 Å². The Labute approximate surface area is 127 Å². The van der Waals surface area contributed by atoms with Crippen LogP contribution in [0.5, 0.6) is 5.75 Å². The summed E-state index contributed by atoms with van der Waals surface area (Å²) in [4.78, 5) is 12.4. The van der Waals surface area contributed by atoms with Gasteiger partial charge in [0.1, 0.15) is 10.8 Å². The van der Waals surface area contributed by atoms with Crippen molar-refractivity contribution in [3.05, 3.63) is 70.2 Å². The number of carbonyl (C=O) groups is 1. The number of rotatable bonds is 4. The lowest BCUT2D eigenvalue weighted by atomic mass is 9.98. The molecule has 20 heavy (non-hydrogen) atoms. The van der Waals surface area contributed by atoms with Crippen LogP contribution in [0.25, 0.3) is 5.57 Å². The van der Waals surface area contributed by atoms with E-state index in [0.717, 1.165) is 5.56 Å². The van der Waals surface area contributed by atoms with Crippen molar-refractivity contribution in [1.82, 2.24) is 0 Å². The summed E-state index contributed by atoms with van der Waals surface area (Å²) in [6, 6.07) is 12.4. The van der Waals surface area contributed by atoms with Crippen molar-refractivity contribution >= 4 is 34.6 Å². The number of ketones is 1. The molecule has 0 saturated heterocycles. The zero-order valence-corrected chi connectivity index (χ0v) is 12.3. The molecule has 0 aliphatic carbocycles. The normalized spacial score (nSPS) is 10.2. The molecule has 0 atom stereocenters. The molecule has 2 rings (SSSR count). The average molecular weight is 307 g/mol. The zero-order chi connectivity index (χ0) is 14.7. The molecular weight excluding hydrogens is 295 g/mol. The minimum atomic E-state index is -0.259. The second-order valence-electron chi connectivity index (χ2n) is 4.12. The molecule has 0 N–H and O–H groups in total. The fourth-order valence-electron chi connectivity index (χ4n) is 1.80. The maximum atomic E-state index is 12.4. The standard InChI is InChI=1S/C16H12Cl2O2/c1-10(11-6-4-3-5-7-11)16(19)12-8-9-13(20-2)15(18)14(12)17/h3-9H,1H2,2H3. The molecule has 0 amide bonds. The Morgan fingerprint density at radius 3 is 2.30 bits per heavy atom. The van der Waals surface area contributed by atoms with Gasteiger partial charge in [-0.3, -0.25) is 4.79 Å². The van der Waals surface area contributed by atoms with Crippen molar-refractivity contribution in [1.29, 1.82) is 0 Å². The van der Waals surface area contributed by atoms with Gasteiger partial charge in [-0.25, -0.2) is 0 Å². The van der Waals surface area contributed by atoms with Gasteiger partial charge in [0.25, 0.3) is 0 Å². The van der Waals surface area contributed by atoms with E-state index in [1.54, 1.807) is 12.1 Å². The minimum Gasteiger partial charge on any atom is -0.495 e. The largest absolute Gasteiger partial charge is 0.495 e. The molecular formula is C16H12Cl2O2. The Bertz CT molecular complexity index is 664. The molecule has 4 heteroatoms. The van der Waals surface area contributed by atoms with Crippen LogP contribution in [0.4, 0.5) is 0 Å². The van der Waals surface area contributed by atoms with Crippen LogP contribution < -0.4 is 4.74 Å². The third-order valence-corrected chi connectivity index (χ3v) is 3.77. The Balaban J connectivity index is 2.40. The van der Waals surface area contributed by atoms with Crippen LogP contribution in [0.15, 0.2) is 49.0 Å². The monoisotopic (exact) mass is 306 g/mol. The molecule has 0 heterocycles. The molecule has 2 aromatic rings. The zero-order valence-electron chi connectivity index (χ0n) is 10.8. The van der Waals surface area contributed by atoms with Crippen LogP contribution in [-0.2, 0) is 0 Å². The lowest BCUT2D eigenvalue weighted by Gasteiger charge is -2.10. The first-order chi connectivity index (χ1) is 9.56. The van der Waals surface area contributed by atoms with Crippen molar-refractivity contribution in [2.75, 3.05) is 7.11 Å². The summed E-state index contributed by atoms with van der Waals surface area (Å²) in [6.07, 6.45) is 0. The van der Waals surface area contributed by atoms with Gasteiger partial charge in [0.05, 0.1) is 12.1 Å². The van der Waals surface area contributed by atoms with Gasteiger partial charge in [0.15, 0.2) is 5.78 Å². The highest BCUT2D eigenvalue weighted by Crippen LogP contribution is 2.36. The summed E-state index contributed by atoms with van der Waals surface area (Å²) in [5, 5.41) is 0.397. The number of ether oxygens (including phenoxy) is 1. The highest BCUT2D eigenvalue weighted by molar-refractivity contribution is 6.46. The van der Waals surface area contributed by atoms with Crippen LogP contribution in [0.3, 0.4) is 0 Å². The number of allylic oxidation sites excluding steroid dienone is 1. The van der Waals surface area contributed by atoms with Crippen molar-refractivity contribution in [2.24, 2.45) is 0 Å². The fraction of sp³-hybridized carbons (Fsp3) is 0.0625. The van der Waals surface area contributed by atoms with Gasteiger partial charge in [0, 0.05) is 11.1 Å². The van der Waals surface area contributed by atoms with E-state index in [1.807, 2.05) is 30.3 Å². The lowest BCUT2D eigenvalue weighted by Crippen LogP contribution is -2.03. The fourth-order valence-corrected chi connectivity index (χ4v) is 2.28. The quantitative estimate of drug-likeness (QED) is 0.593. The molecule has 0 aromatic heterocycles. The third kappa shape index (κ3) is 2.72. The van der Waals surface area contributed by atoms with E-state index in [2.05, 4.69) is 6.58 Å². The minimum absolute atomic E-state index is 0.174. The van der Waals surface area contributed by atoms with Crippen LogP contribution in [0.1, 0.15) is 15.9 Å². The highest BCUT2D eigenvalue weighted by Gasteiger charge is 2.19. The molecule has 0 spiro atoms. The van der Waals surface area contributed by atoms with Gasteiger partial charge < -0.3 is 4.74 Å². The number of benzene rings is 2. The maximum Gasteiger partial charge on any atom is 0.194 e. The van der Waals surface area contributed by atoms with Gasteiger partial charge in [-0.05, 0) is 17.7 Å². The van der Waals surface area contributed by atoms with Gasteiger partial charge in [-0.2, -0.15) is 0 Å². The topological polar surface area (TPSA) is 26.3 Å². The van der Waals surface area contributed by atoms with Crippen LogP contribution in [0.2, 0.25) is 10.0 Å². The summed E-state index contributed by atoms with van der Waals surface area (Å²) < 4.78 is 5.06. The second kappa shape index (κ2) is 6.12. The first-order valence-corrected chi connectivity index (χ1v) is 6.63. The SMILES string of the molecule is C=C(C(=O)c1ccc(OC)c(Cl)c1Cl)c1ccccc1. The van der Waals surface area contributed by atoms with Crippen molar-refractivity contribution in [3.8, 4) is 5.75 Å². The Morgan fingerprint density at radius 1 is 1.05 bits per heavy atom. The maximum absolute atomic E-state index is 12.4. The van der Waals surface area contributed by atoms with E-state index in [1.165, 1.54) is 7.11 Å². The van der Waals surface area contributed by atoms with Gasteiger partial charge in [0.2, 0.25) is 0 Å². The smallest absolute Gasteiger partial charge is 0.194 e. The summed E-state index contributed by atoms with van der Waals surface area (Å²) in [7, 11) is 1.49. The number of methoxy groups -OCH3 is 1. The molecule has 0 saturated carbocycles. The Kier molecular flexibility index (Phi) is 4.48. The molecule has 0 bridgehead atoms. The molecule has 102 valence electrons. The first kappa shape index (κ1) is 14.6. The van der Waals surface area contributed by atoms with E-state index in [0.29, 0.717) is 16.9 Å². The predicted octanol–water partition coefficient (Wildman–Crippen LogP) is 4.90. The summed E-state index contributed by atoms with van der Waals surface area (Å²) >= 11 is 12.2. The number of hydrogen-bond acceptors (Lipinski definition) is 2. The predicted molar refractivity (Wildman–Crippen MR) is 82.8 cm³/mol. The number of halogens is 2. The second-order valence-corrected chi connectivity index (χ2v) is 4.87. The van der Waals surface area contributed by atoms with E-state index in [4.69, 9.17) is 27.9 Å². The summed E-state index contributed by atoms with van der Waals surface area (Å²) in [6.45, 7) is 3.83. The van der Waals surface area contributed by atoms with E-state index >= 15 is 0 Å². The highest BCUT2D eigenvalue weighted by atomic mass is 35.5. The van der Waals surface area contributed by atoms with Crippen LogP contribution in [0, 0.1) is 0 Å². The summed E-state index contributed by atoms with van der Waals surface area (Å²) in [5.41, 5.74) is 1.43. The average Bonchev–Trinajstić information content (AvgIpc) is 2.49. The van der Waals surface area contributed by atoms with Crippen LogP contribution >= 0.6 is 23.2 Å². The van der Waals surface area contributed by atoms with E-state index < -0.39 is 0 Å². The van der Waals surface area contributed by atoms with Gasteiger partial charge in [-0.1, -0.05) is 60.1 Å². The van der Waals surface area contributed by atoms with Crippen molar-refractivity contribution in [2.45, 2.75) is 0 Å². The van der Waals surface area contributed by atoms with Gasteiger partial charge >= 0.3 is 0 Å². The molecule has 0 radical (unpaired) electrons. The number of hydrogen-bond donors (Lipinski definition) is 0. The van der Waals surface area contributed by atoms with Gasteiger partial charge in [-0.15, -0.1) is 0 Å². The van der Waals surface area contributed by atoms with Crippen LogP contribution in [-0.4, -0.2) is 12.9 Å². The van der Waals surface area contributed by atoms with Crippen molar-refractivity contribution < 1.29 is 9.53 Å².